The minimum Gasteiger partial charge on any atom is -0.345 e. The highest BCUT2D eigenvalue weighted by Crippen LogP contribution is 2.27. The molecule has 6 nitrogen and oxygen atoms in total. The summed E-state index contributed by atoms with van der Waals surface area (Å²) >= 11 is 1.12. The molecule has 1 amide bonds. The fraction of sp³-hybridized carbons (Fsp3) is 0.286. The lowest BCUT2D eigenvalue weighted by atomic mass is 10.1. The molecule has 1 heterocycles. The predicted octanol–water partition coefficient (Wildman–Crippen LogP) is 2.09. The van der Waals surface area contributed by atoms with Crippen molar-refractivity contribution in [1.29, 1.82) is 0 Å². The summed E-state index contributed by atoms with van der Waals surface area (Å²) in [5, 5.41) is 3.76. The minimum atomic E-state index is -4.94. The van der Waals surface area contributed by atoms with Gasteiger partial charge in [-0.15, -0.1) is 11.3 Å². The molecule has 0 bridgehead atoms. The van der Waals surface area contributed by atoms with Gasteiger partial charge in [-0.2, -0.15) is 13.2 Å². The van der Waals surface area contributed by atoms with E-state index in [1.54, 1.807) is 11.4 Å². The van der Waals surface area contributed by atoms with Gasteiger partial charge in [-0.3, -0.25) is 9.52 Å². The largest absolute Gasteiger partial charge is 0.471 e. The molecule has 1 aliphatic rings. The van der Waals surface area contributed by atoms with Gasteiger partial charge in [0.05, 0.1) is 4.90 Å². The maximum atomic E-state index is 12.3. The third-order valence-corrected chi connectivity index (χ3v) is 5.82. The molecule has 11 heteroatoms. The standard InChI is InChI=1S/C14H12F3N3O3S2/c15-14(16,17)12(21)19-10-5-8-1-2-11(7-9(8)6-10)25(22,23)20-13-18-3-4-24-13/h1-4,7,10H,5-6H2,(H,18,20)(H,19,21). The number of alkyl halides is 3. The van der Waals surface area contributed by atoms with E-state index in [0.29, 0.717) is 11.1 Å². The third-order valence-electron chi connectivity index (χ3n) is 3.67. The van der Waals surface area contributed by atoms with Crippen LogP contribution < -0.4 is 10.0 Å². The van der Waals surface area contributed by atoms with E-state index in [1.165, 1.54) is 18.3 Å². The number of nitrogens with one attached hydrogen (secondary N) is 2. The van der Waals surface area contributed by atoms with Gasteiger partial charge in [-0.1, -0.05) is 6.07 Å². The minimum absolute atomic E-state index is 0.00996. The SMILES string of the molecule is O=C(NC1Cc2ccc(S(=O)(=O)Nc3nccs3)cc2C1)C(F)(F)F. The number of carbonyl (C=O) groups is 1. The molecule has 0 radical (unpaired) electrons. The van der Waals surface area contributed by atoms with E-state index >= 15 is 0 Å². The van der Waals surface area contributed by atoms with Gasteiger partial charge in [0.15, 0.2) is 5.13 Å². The number of aromatic nitrogens is 1. The Morgan fingerprint density at radius 1 is 1.24 bits per heavy atom. The maximum Gasteiger partial charge on any atom is 0.471 e. The van der Waals surface area contributed by atoms with Crippen LogP contribution in [0.1, 0.15) is 11.1 Å². The van der Waals surface area contributed by atoms with Crippen LogP contribution >= 0.6 is 11.3 Å². The molecule has 25 heavy (non-hydrogen) atoms. The van der Waals surface area contributed by atoms with Crippen LogP contribution in [0.3, 0.4) is 0 Å². The molecule has 0 aliphatic heterocycles. The first-order valence-corrected chi connectivity index (χ1v) is 9.43. The molecular weight excluding hydrogens is 379 g/mol. The number of halogens is 3. The number of nitrogens with zero attached hydrogens (tertiary/aromatic N) is 1. The molecule has 1 unspecified atom stereocenters. The Hall–Kier alpha value is -2.14. The summed E-state index contributed by atoms with van der Waals surface area (Å²) in [7, 11) is -3.84. The molecule has 0 saturated carbocycles. The predicted molar refractivity (Wildman–Crippen MR) is 84.8 cm³/mol. The average molecular weight is 391 g/mol. The number of amides is 1. The molecule has 1 aromatic heterocycles. The Labute approximate surface area is 145 Å². The highest BCUT2D eigenvalue weighted by Gasteiger charge is 2.40. The number of rotatable bonds is 4. The van der Waals surface area contributed by atoms with Crippen molar-refractivity contribution in [3.8, 4) is 0 Å². The zero-order valence-electron chi connectivity index (χ0n) is 12.5. The first-order chi connectivity index (χ1) is 11.6. The number of benzene rings is 1. The number of fused-ring (bicyclic) bond motifs is 1. The summed E-state index contributed by atoms with van der Waals surface area (Å²) in [5.74, 6) is -2.00. The van der Waals surface area contributed by atoms with Crippen LogP contribution in [0.5, 0.6) is 0 Å². The van der Waals surface area contributed by atoms with Crippen molar-refractivity contribution in [2.75, 3.05) is 4.72 Å². The van der Waals surface area contributed by atoms with Crippen molar-refractivity contribution in [3.05, 3.63) is 40.9 Å². The lowest BCUT2D eigenvalue weighted by molar-refractivity contribution is -0.174. The number of hydrogen-bond acceptors (Lipinski definition) is 5. The lowest BCUT2D eigenvalue weighted by Gasteiger charge is -2.13. The smallest absolute Gasteiger partial charge is 0.345 e. The Morgan fingerprint density at radius 3 is 2.60 bits per heavy atom. The summed E-state index contributed by atoms with van der Waals surface area (Å²) < 4.78 is 64.0. The van der Waals surface area contributed by atoms with E-state index in [0.717, 1.165) is 11.3 Å². The van der Waals surface area contributed by atoms with Gasteiger partial charge in [0.1, 0.15) is 0 Å². The molecule has 3 rings (SSSR count). The zero-order valence-corrected chi connectivity index (χ0v) is 14.1. The van der Waals surface area contributed by atoms with Crippen molar-refractivity contribution >= 4 is 32.4 Å². The normalized spacial score (nSPS) is 17.2. The quantitative estimate of drug-likeness (QED) is 0.836. The maximum absolute atomic E-state index is 12.3. The van der Waals surface area contributed by atoms with E-state index in [9.17, 15) is 26.4 Å². The van der Waals surface area contributed by atoms with Crippen LogP contribution in [0.2, 0.25) is 0 Å². The second-order valence-electron chi connectivity index (χ2n) is 5.45. The molecule has 0 spiro atoms. The van der Waals surface area contributed by atoms with E-state index < -0.39 is 28.1 Å². The van der Waals surface area contributed by atoms with Gasteiger partial charge in [0.2, 0.25) is 0 Å². The second-order valence-corrected chi connectivity index (χ2v) is 8.03. The molecule has 1 aromatic carbocycles. The molecule has 134 valence electrons. The highest BCUT2D eigenvalue weighted by atomic mass is 32.2. The molecule has 1 aliphatic carbocycles. The van der Waals surface area contributed by atoms with E-state index in [-0.39, 0.29) is 22.9 Å². The summed E-state index contributed by atoms with van der Waals surface area (Å²) in [6.07, 6.45) is -3.13. The zero-order chi connectivity index (χ0) is 18.2. The van der Waals surface area contributed by atoms with Crippen LogP contribution in [0.4, 0.5) is 18.3 Å². The summed E-state index contributed by atoms with van der Waals surface area (Å²) in [6, 6.07) is 3.62. The Morgan fingerprint density at radius 2 is 1.96 bits per heavy atom. The van der Waals surface area contributed by atoms with Crippen molar-refractivity contribution in [2.24, 2.45) is 0 Å². The van der Waals surface area contributed by atoms with Gasteiger partial charge in [-0.25, -0.2) is 13.4 Å². The molecule has 2 aromatic rings. The Bertz CT molecular complexity index is 896. The van der Waals surface area contributed by atoms with Crippen molar-refractivity contribution in [2.45, 2.75) is 30.0 Å². The Kier molecular flexibility index (Phi) is 4.45. The van der Waals surface area contributed by atoms with E-state index in [2.05, 4.69) is 9.71 Å². The molecule has 1 atom stereocenters. The third kappa shape index (κ3) is 3.93. The summed E-state index contributed by atoms with van der Waals surface area (Å²) in [5.41, 5.74) is 1.30. The molecule has 0 fully saturated rings. The Balaban J connectivity index is 1.75. The van der Waals surface area contributed by atoms with Gasteiger partial charge >= 0.3 is 12.1 Å². The van der Waals surface area contributed by atoms with Gasteiger partial charge < -0.3 is 5.32 Å². The first-order valence-electron chi connectivity index (χ1n) is 7.07. The van der Waals surface area contributed by atoms with Gasteiger partial charge in [0.25, 0.3) is 10.0 Å². The summed E-state index contributed by atoms with van der Waals surface area (Å²) in [6.45, 7) is 0. The van der Waals surface area contributed by atoms with Gasteiger partial charge in [0, 0.05) is 17.6 Å². The average Bonchev–Trinajstić information content (AvgIpc) is 3.13. The van der Waals surface area contributed by atoms with Crippen molar-refractivity contribution in [3.63, 3.8) is 0 Å². The lowest BCUT2D eigenvalue weighted by Crippen LogP contribution is -2.43. The number of sulfonamides is 1. The second kappa shape index (κ2) is 6.30. The van der Waals surface area contributed by atoms with Gasteiger partial charge in [-0.05, 0) is 36.1 Å². The molecule has 0 saturated heterocycles. The van der Waals surface area contributed by atoms with E-state index in [4.69, 9.17) is 0 Å². The first kappa shape index (κ1) is 17.7. The van der Waals surface area contributed by atoms with Crippen LogP contribution in [0.25, 0.3) is 0 Å². The fourth-order valence-corrected chi connectivity index (χ4v) is 4.42. The van der Waals surface area contributed by atoms with Crippen LogP contribution in [0.15, 0.2) is 34.7 Å². The van der Waals surface area contributed by atoms with Crippen LogP contribution in [-0.4, -0.2) is 31.5 Å². The monoisotopic (exact) mass is 391 g/mol. The number of thiazole rings is 1. The highest BCUT2D eigenvalue weighted by molar-refractivity contribution is 7.93. The van der Waals surface area contributed by atoms with E-state index in [1.807, 2.05) is 5.32 Å². The fourth-order valence-electron chi connectivity index (χ4n) is 2.58. The topological polar surface area (TPSA) is 88.2 Å². The van der Waals surface area contributed by atoms with Crippen molar-refractivity contribution in [1.82, 2.24) is 10.3 Å². The number of anilines is 1. The molecule has 2 N–H and O–H groups in total. The van der Waals surface area contributed by atoms with Crippen LogP contribution in [0, 0.1) is 0 Å². The molecular formula is C14H12F3N3O3S2. The van der Waals surface area contributed by atoms with Crippen molar-refractivity contribution < 1.29 is 26.4 Å². The number of carbonyl (C=O) groups excluding carboxylic acids is 1. The number of hydrogen-bond donors (Lipinski definition) is 2. The summed E-state index contributed by atoms with van der Waals surface area (Å²) in [4.78, 5) is 14.9. The van der Waals surface area contributed by atoms with Crippen LogP contribution in [-0.2, 0) is 27.7 Å².